The lowest BCUT2D eigenvalue weighted by atomic mass is 10.1. The van der Waals surface area contributed by atoms with Crippen LogP contribution in [-0.2, 0) is 0 Å². The molecule has 0 saturated carbocycles. The fourth-order valence-electron chi connectivity index (χ4n) is 1.81. The van der Waals surface area contributed by atoms with Gasteiger partial charge in [0.25, 0.3) is 4.84 Å². The maximum Gasteiger partial charge on any atom is 0.266 e. The number of rotatable bonds is 0. The van der Waals surface area contributed by atoms with E-state index in [-0.39, 0.29) is 0 Å². The van der Waals surface area contributed by atoms with Crippen molar-refractivity contribution in [1.29, 1.82) is 0 Å². The quantitative estimate of drug-likeness (QED) is 0.586. The standard InChI is InChI=1S/C11H8N2OS/c1-6-3-2-4-7-9(6)10-8(5-12-7)13-11(15)14-10/h2-5H,1H3,(H,13,15). The first kappa shape index (κ1) is 8.61. The molecule has 2 aromatic heterocycles. The van der Waals surface area contributed by atoms with Crippen LogP contribution in [0.5, 0.6) is 0 Å². The highest BCUT2D eigenvalue weighted by Gasteiger charge is 2.07. The summed E-state index contributed by atoms with van der Waals surface area (Å²) in [5.41, 5.74) is 3.72. The summed E-state index contributed by atoms with van der Waals surface area (Å²) in [6.07, 6.45) is 1.75. The molecule has 3 rings (SSSR count). The number of benzene rings is 1. The number of H-pyrrole nitrogens is 1. The molecule has 0 aliphatic carbocycles. The second-order valence-corrected chi connectivity index (χ2v) is 3.86. The average Bonchev–Trinajstić information content (AvgIpc) is 2.58. The lowest BCUT2D eigenvalue weighted by molar-refractivity contribution is 0.586. The van der Waals surface area contributed by atoms with Gasteiger partial charge in [-0.05, 0) is 30.8 Å². The van der Waals surface area contributed by atoms with E-state index < -0.39 is 0 Å². The Hall–Kier alpha value is -1.68. The molecule has 0 saturated heterocycles. The third-order valence-electron chi connectivity index (χ3n) is 2.49. The predicted molar refractivity (Wildman–Crippen MR) is 61.4 cm³/mol. The van der Waals surface area contributed by atoms with Gasteiger partial charge in [-0.3, -0.25) is 4.98 Å². The molecule has 0 aliphatic rings. The van der Waals surface area contributed by atoms with Crippen LogP contribution in [0.1, 0.15) is 5.56 Å². The molecule has 0 spiro atoms. The van der Waals surface area contributed by atoms with Crippen molar-refractivity contribution in [3.63, 3.8) is 0 Å². The molecule has 0 bridgehead atoms. The molecular weight excluding hydrogens is 208 g/mol. The van der Waals surface area contributed by atoms with Crippen molar-refractivity contribution in [3.8, 4) is 0 Å². The van der Waals surface area contributed by atoms with Crippen molar-refractivity contribution in [1.82, 2.24) is 9.97 Å². The van der Waals surface area contributed by atoms with Gasteiger partial charge in [0.1, 0.15) is 5.52 Å². The molecular formula is C11H8N2OS. The number of hydrogen-bond donors (Lipinski definition) is 1. The second kappa shape index (κ2) is 2.90. The molecule has 0 amide bonds. The third kappa shape index (κ3) is 1.18. The Morgan fingerprint density at radius 2 is 2.27 bits per heavy atom. The van der Waals surface area contributed by atoms with E-state index in [0.717, 1.165) is 27.6 Å². The highest BCUT2D eigenvalue weighted by atomic mass is 32.1. The molecule has 2 heterocycles. The predicted octanol–water partition coefficient (Wildman–Crippen LogP) is 3.35. The molecule has 4 heteroatoms. The molecule has 3 aromatic rings. The molecule has 74 valence electrons. The van der Waals surface area contributed by atoms with Gasteiger partial charge in [0.15, 0.2) is 5.58 Å². The molecule has 0 radical (unpaired) electrons. The van der Waals surface area contributed by atoms with Crippen LogP contribution in [0.3, 0.4) is 0 Å². The highest BCUT2D eigenvalue weighted by Crippen LogP contribution is 2.25. The van der Waals surface area contributed by atoms with Gasteiger partial charge in [0.05, 0.1) is 11.7 Å². The average molecular weight is 216 g/mol. The monoisotopic (exact) mass is 216 g/mol. The van der Waals surface area contributed by atoms with E-state index in [2.05, 4.69) is 9.97 Å². The summed E-state index contributed by atoms with van der Waals surface area (Å²) in [7, 11) is 0. The van der Waals surface area contributed by atoms with Gasteiger partial charge in [-0.2, -0.15) is 0 Å². The zero-order valence-electron chi connectivity index (χ0n) is 8.07. The number of nitrogens with zero attached hydrogens (tertiary/aromatic N) is 1. The number of fused-ring (bicyclic) bond motifs is 3. The summed E-state index contributed by atoms with van der Waals surface area (Å²) >= 11 is 4.97. The minimum absolute atomic E-state index is 0.391. The first-order valence-electron chi connectivity index (χ1n) is 4.63. The SMILES string of the molecule is Cc1cccc2ncc3[nH]c(=S)oc3c12. The van der Waals surface area contributed by atoms with E-state index in [9.17, 15) is 0 Å². The van der Waals surface area contributed by atoms with Crippen molar-refractivity contribution in [2.24, 2.45) is 0 Å². The largest absolute Gasteiger partial charge is 0.429 e. The number of pyridine rings is 1. The fourth-order valence-corrected chi connectivity index (χ4v) is 2.00. The summed E-state index contributed by atoms with van der Waals surface area (Å²) in [6, 6.07) is 5.99. The number of oxazole rings is 1. The fraction of sp³-hybridized carbons (Fsp3) is 0.0909. The van der Waals surface area contributed by atoms with E-state index in [1.54, 1.807) is 6.20 Å². The summed E-state index contributed by atoms with van der Waals surface area (Å²) in [5, 5.41) is 1.03. The van der Waals surface area contributed by atoms with Crippen molar-refractivity contribution >= 4 is 34.2 Å². The molecule has 0 atom stereocenters. The Morgan fingerprint density at radius 3 is 3.13 bits per heavy atom. The summed E-state index contributed by atoms with van der Waals surface area (Å²) < 4.78 is 5.48. The van der Waals surface area contributed by atoms with E-state index >= 15 is 0 Å². The van der Waals surface area contributed by atoms with Crippen molar-refractivity contribution in [3.05, 3.63) is 34.8 Å². The lowest BCUT2D eigenvalue weighted by Crippen LogP contribution is -1.82. The molecule has 0 aliphatic heterocycles. The first-order chi connectivity index (χ1) is 7.25. The number of nitrogens with one attached hydrogen (secondary N) is 1. The van der Waals surface area contributed by atoms with Crippen LogP contribution in [0.2, 0.25) is 0 Å². The Bertz CT molecular complexity index is 711. The van der Waals surface area contributed by atoms with Crippen LogP contribution in [0.4, 0.5) is 0 Å². The van der Waals surface area contributed by atoms with E-state index in [1.165, 1.54) is 0 Å². The van der Waals surface area contributed by atoms with Gasteiger partial charge in [-0.25, -0.2) is 0 Å². The third-order valence-corrected chi connectivity index (χ3v) is 2.67. The number of hydrogen-bond acceptors (Lipinski definition) is 3. The van der Waals surface area contributed by atoms with Crippen LogP contribution in [0, 0.1) is 11.8 Å². The molecule has 15 heavy (non-hydrogen) atoms. The lowest BCUT2D eigenvalue weighted by Gasteiger charge is -2.00. The summed E-state index contributed by atoms with van der Waals surface area (Å²) in [4.78, 5) is 7.70. The zero-order chi connectivity index (χ0) is 10.4. The van der Waals surface area contributed by atoms with Crippen LogP contribution in [-0.4, -0.2) is 9.97 Å². The van der Waals surface area contributed by atoms with Gasteiger partial charge in [0, 0.05) is 5.39 Å². The molecule has 3 nitrogen and oxygen atoms in total. The molecule has 0 unspecified atom stereocenters. The van der Waals surface area contributed by atoms with Crippen molar-refractivity contribution in [2.75, 3.05) is 0 Å². The molecule has 1 N–H and O–H groups in total. The Morgan fingerprint density at radius 1 is 1.40 bits per heavy atom. The number of aryl methyl sites for hydroxylation is 1. The van der Waals surface area contributed by atoms with Crippen LogP contribution < -0.4 is 0 Å². The minimum Gasteiger partial charge on any atom is -0.429 e. The van der Waals surface area contributed by atoms with E-state index in [4.69, 9.17) is 16.6 Å². The van der Waals surface area contributed by atoms with Gasteiger partial charge in [-0.15, -0.1) is 0 Å². The Labute approximate surface area is 90.8 Å². The first-order valence-corrected chi connectivity index (χ1v) is 5.04. The molecule has 0 fully saturated rings. The van der Waals surface area contributed by atoms with Gasteiger partial charge < -0.3 is 9.40 Å². The Balaban J connectivity index is 2.68. The van der Waals surface area contributed by atoms with Gasteiger partial charge in [-0.1, -0.05) is 12.1 Å². The topological polar surface area (TPSA) is 41.8 Å². The summed E-state index contributed by atoms with van der Waals surface area (Å²) in [6.45, 7) is 2.04. The van der Waals surface area contributed by atoms with E-state index in [1.807, 2.05) is 25.1 Å². The smallest absolute Gasteiger partial charge is 0.266 e. The van der Waals surface area contributed by atoms with E-state index in [0.29, 0.717) is 4.84 Å². The normalized spacial score (nSPS) is 11.3. The molecule has 1 aromatic carbocycles. The van der Waals surface area contributed by atoms with Crippen LogP contribution in [0.15, 0.2) is 28.8 Å². The van der Waals surface area contributed by atoms with Gasteiger partial charge in [0.2, 0.25) is 0 Å². The highest BCUT2D eigenvalue weighted by molar-refractivity contribution is 7.71. The summed E-state index contributed by atoms with van der Waals surface area (Å²) in [5.74, 6) is 0. The number of aromatic nitrogens is 2. The minimum atomic E-state index is 0.391. The van der Waals surface area contributed by atoms with Crippen LogP contribution in [0.25, 0.3) is 22.0 Å². The Kier molecular flexibility index (Phi) is 1.67. The number of aromatic amines is 1. The van der Waals surface area contributed by atoms with Crippen LogP contribution >= 0.6 is 12.2 Å². The zero-order valence-corrected chi connectivity index (χ0v) is 8.89. The maximum absolute atomic E-state index is 5.48. The maximum atomic E-state index is 5.48. The second-order valence-electron chi connectivity index (χ2n) is 3.48. The van der Waals surface area contributed by atoms with Crippen molar-refractivity contribution in [2.45, 2.75) is 6.92 Å². The van der Waals surface area contributed by atoms with Crippen molar-refractivity contribution < 1.29 is 4.42 Å². The van der Waals surface area contributed by atoms with Gasteiger partial charge >= 0.3 is 0 Å².